The molecule has 2 amide bonds. The fraction of sp³-hybridized carbons (Fsp3) is 0.500. The van der Waals surface area contributed by atoms with Crippen molar-refractivity contribution in [3.8, 4) is 0 Å². The number of hydrogen-bond acceptors (Lipinski definition) is 6. The molecule has 1 heterocycles. The normalized spacial score (nSPS) is 13.4. The molecule has 0 fully saturated rings. The molecule has 0 saturated carbocycles. The van der Waals surface area contributed by atoms with Gasteiger partial charge in [0.05, 0.1) is 5.56 Å². The first-order chi connectivity index (χ1) is 15.1. The Labute approximate surface area is 184 Å². The number of nitrogen functional groups attached to an aromatic ring is 1. The molecule has 2 aromatic rings. The van der Waals surface area contributed by atoms with Crippen LogP contribution in [0.15, 0.2) is 30.3 Å². The number of anilines is 1. The summed E-state index contributed by atoms with van der Waals surface area (Å²) in [5.41, 5.74) is 13.1. The van der Waals surface area contributed by atoms with E-state index in [1.165, 1.54) is 4.90 Å². The first kappa shape index (κ1) is 23.2. The Balaban J connectivity index is 1.36. The smallest absolute Gasteiger partial charge is 0.261 e. The number of unbranched alkanes of at least 4 members (excludes halogenated alkanes) is 3. The van der Waals surface area contributed by atoms with E-state index in [0.29, 0.717) is 23.4 Å². The molecule has 6 N–H and O–H groups in total. The van der Waals surface area contributed by atoms with Crippen molar-refractivity contribution in [3.05, 3.63) is 41.5 Å². The average Bonchev–Trinajstić information content (AvgIpc) is 2.76. The second kappa shape index (κ2) is 11.8. The van der Waals surface area contributed by atoms with Crippen LogP contribution >= 0.6 is 0 Å². The van der Waals surface area contributed by atoms with Crippen molar-refractivity contribution in [3.63, 3.8) is 0 Å². The van der Waals surface area contributed by atoms with Gasteiger partial charge in [-0.25, -0.2) is 0 Å². The minimum absolute atomic E-state index is 0.209. The van der Waals surface area contributed by atoms with Crippen molar-refractivity contribution >= 4 is 28.3 Å². The maximum atomic E-state index is 12.9. The van der Waals surface area contributed by atoms with Gasteiger partial charge in [-0.05, 0) is 94.8 Å². The van der Waals surface area contributed by atoms with E-state index in [2.05, 4.69) is 10.6 Å². The van der Waals surface area contributed by atoms with E-state index in [1.807, 2.05) is 18.2 Å². The van der Waals surface area contributed by atoms with Crippen LogP contribution in [0.1, 0.15) is 59.2 Å². The number of nitrogens with zero attached hydrogens (tertiary/aromatic N) is 1. The van der Waals surface area contributed by atoms with Crippen LogP contribution in [0.3, 0.4) is 0 Å². The number of nitrogens with one attached hydrogen (secondary N) is 2. The van der Waals surface area contributed by atoms with Crippen molar-refractivity contribution in [1.29, 1.82) is 0 Å². The number of amides is 2. The Morgan fingerprint density at radius 3 is 2.06 bits per heavy atom. The van der Waals surface area contributed by atoms with E-state index in [9.17, 15) is 9.59 Å². The highest BCUT2D eigenvalue weighted by Crippen LogP contribution is 2.32. The highest BCUT2D eigenvalue weighted by atomic mass is 16.2. The Kier molecular flexibility index (Phi) is 8.82. The molecule has 0 spiro atoms. The molecule has 1 aliphatic rings. The van der Waals surface area contributed by atoms with Gasteiger partial charge in [0, 0.05) is 23.2 Å². The highest BCUT2D eigenvalue weighted by molar-refractivity contribution is 6.25. The van der Waals surface area contributed by atoms with Crippen LogP contribution in [-0.2, 0) is 0 Å². The molecular formula is C24H35N5O2. The predicted molar refractivity (Wildman–Crippen MR) is 126 cm³/mol. The van der Waals surface area contributed by atoms with Gasteiger partial charge in [0.1, 0.15) is 0 Å². The quantitative estimate of drug-likeness (QED) is 0.210. The van der Waals surface area contributed by atoms with Crippen LogP contribution < -0.4 is 22.1 Å². The molecule has 0 saturated heterocycles. The molecule has 7 heteroatoms. The van der Waals surface area contributed by atoms with E-state index < -0.39 is 0 Å². The summed E-state index contributed by atoms with van der Waals surface area (Å²) in [4.78, 5) is 27.2. The summed E-state index contributed by atoms with van der Waals surface area (Å²) in [5, 5.41) is 8.44. The van der Waals surface area contributed by atoms with E-state index in [4.69, 9.17) is 11.5 Å². The number of carbonyl (C=O) groups is 2. The maximum Gasteiger partial charge on any atom is 0.261 e. The first-order valence-corrected chi connectivity index (χ1v) is 11.4. The van der Waals surface area contributed by atoms with Gasteiger partial charge >= 0.3 is 0 Å². The van der Waals surface area contributed by atoms with Crippen LogP contribution in [0.5, 0.6) is 0 Å². The van der Waals surface area contributed by atoms with Gasteiger partial charge in [-0.15, -0.1) is 0 Å². The minimum Gasteiger partial charge on any atom is -0.399 e. The second-order valence-electron chi connectivity index (χ2n) is 8.14. The van der Waals surface area contributed by atoms with Gasteiger partial charge in [-0.1, -0.05) is 12.1 Å². The lowest BCUT2D eigenvalue weighted by Crippen LogP contribution is -2.41. The van der Waals surface area contributed by atoms with Crippen molar-refractivity contribution in [1.82, 2.24) is 15.5 Å². The van der Waals surface area contributed by atoms with Crippen LogP contribution in [0.2, 0.25) is 0 Å². The number of nitrogens with two attached hydrogens (primary N) is 2. The van der Waals surface area contributed by atoms with Gasteiger partial charge in [-0.3, -0.25) is 14.5 Å². The summed E-state index contributed by atoms with van der Waals surface area (Å²) in [7, 11) is 0. The molecule has 31 heavy (non-hydrogen) atoms. The molecule has 7 nitrogen and oxygen atoms in total. The summed E-state index contributed by atoms with van der Waals surface area (Å²) >= 11 is 0. The van der Waals surface area contributed by atoms with Crippen molar-refractivity contribution in [2.24, 2.45) is 5.73 Å². The van der Waals surface area contributed by atoms with Crippen molar-refractivity contribution in [2.45, 2.75) is 38.5 Å². The standard InChI is InChI=1S/C24H35N5O2/c25-10-1-2-11-27-12-3-4-13-28-14-5-6-15-29-23(30)20-9-7-8-18-16-19(26)17-21(22(18)20)24(29)31/h7-9,16-17,27-28H,1-6,10-15,25-26H2. The van der Waals surface area contributed by atoms with Gasteiger partial charge in [0.15, 0.2) is 0 Å². The SMILES string of the molecule is NCCCCNCCCCNCCCCN1C(=O)c2cccc3cc(N)cc(c23)C1=O. The number of benzene rings is 2. The third kappa shape index (κ3) is 6.03. The maximum absolute atomic E-state index is 12.9. The molecular weight excluding hydrogens is 390 g/mol. The third-order valence-corrected chi connectivity index (χ3v) is 5.70. The van der Waals surface area contributed by atoms with Crippen molar-refractivity contribution in [2.75, 3.05) is 45.0 Å². The molecule has 0 radical (unpaired) electrons. The van der Waals surface area contributed by atoms with Crippen LogP contribution in [0.25, 0.3) is 10.8 Å². The average molecular weight is 426 g/mol. The molecule has 0 atom stereocenters. The third-order valence-electron chi connectivity index (χ3n) is 5.70. The fourth-order valence-corrected chi connectivity index (χ4v) is 4.05. The van der Waals surface area contributed by atoms with Gasteiger partial charge in [0.2, 0.25) is 0 Å². The van der Waals surface area contributed by atoms with E-state index in [1.54, 1.807) is 12.1 Å². The molecule has 2 aromatic carbocycles. The van der Waals surface area contributed by atoms with Gasteiger partial charge in [-0.2, -0.15) is 0 Å². The lowest BCUT2D eigenvalue weighted by atomic mass is 9.93. The topological polar surface area (TPSA) is 113 Å². The number of carbonyl (C=O) groups excluding carboxylic acids is 2. The minimum atomic E-state index is -0.243. The van der Waals surface area contributed by atoms with Crippen LogP contribution in [0, 0.1) is 0 Å². The molecule has 0 aromatic heterocycles. The summed E-state index contributed by atoms with van der Waals surface area (Å²) < 4.78 is 0. The number of rotatable bonds is 14. The lowest BCUT2D eigenvalue weighted by Gasteiger charge is -2.27. The zero-order chi connectivity index (χ0) is 22.1. The fourth-order valence-electron chi connectivity index (χ4n) is 4.05. The number of imide groups is 1. The molecule has 3 rings (SSSR count). The molecule has 0 aliphatic carbocycles. The van der Waals surface area contributed by atoms with E-state index in [0.717, 1.165) is 82.0 Å². The highest BCUT2D eigenvalue weighted by Gasteiger charge is 2.32. The molecule has 0 bridgehead atoms. The Bertz CT molecular complexity index is 899. The summed E-state index contributed by atoms with van der Waals surface area (Å²) in [6, 6.07) is 9.01. The number of hydrogen-bond donors (Lipinski definition) is 4. The zero-order valence-corrected chi connectivity index (χ0v) is 18.3. The molecule has 1 aliphatic heterocycles. The first-order valence-electron chi connectivity index (χ1n) is 11.4. The van der Waals surface area contributed by atoms with Crippen LogP contribution in [0.4, 0.5) is 5.69 Å². The van der Waals surface area contributed by atoms with Gasteiger partial charge in [0.25, 0.3) is 11.8 Å². The zero-order valence-electron chi connectivity index (χ0n) is 18.3. The Morgan fingerprint density at radius 2 is 1.39 bits per heavy atom. The largest absolute Gasteiger partial charge is 0.399 e. The summed E-state index contributed by atoms with van der Waals surface area (Å²) in [6.45, 7) is 5.16. The van der Waals surface area contributed by atoms with E-state index >= 15 is 0 Å². The Hall–Kier alpha value is -2.48. The summed E-state index contributed by atoms with van der Waals surface area (Å²) in [5.74, 6) is -0.451. The second-order valence-corrected chi connectivity index (χ2v) is 8.14. The van der Waals surface area contributed by atoms with Crippen molar-refractivity contribution < 1.29 is 9.59 Å². The molecule has 0 unspecified atom stereocenters. The lowest BCUT2D eigenvalue weighted by molar-refractivity contribution is 0.0608. The van der Waals surface area contributed by atoms with Gasteiger partial charge < -0.3 is 22.1 Å². The predicted octanol–water partition coefficient (Wildman–Crippen LogP) is 2.50. The van der Waals surface area contributed by atoms with E-state index in [-0.39, 0.29) is 11.8 Å². The summed E-state index contributed by atoms with van der Waals surface area (Å²) in [6.07, 6.45) is 6.21. The monoisotopic (exact) mass is 425 g/mol. The molecule has 168 valence electrons. The van der Waals surface area contributed by atoms with Crippen LogP contribution in [-0.4, -0.2) is 56.0 Å². The Morgan fingerprint density at radius 1 is 0.774 bits per heavy atom.